The van der Waals surface area contributed by atoms with Gasteiger partial charge in [-0.3, -0.25) is 0 Å². The number of hydrogen-bond acceptors (Lipinski definition) is 1. The van der Waals surface area contributed by atoms with E-state index in [-0.39, 0.29) is 11.6 Å². The first kappa shape index (κ1) is 14.6. The number of hydrogen-bond donors (Lipinski definition) is 1. The summed E-state index contributed by atoms with van der Waals surface area (Å²) in [7, 11) is 1.67. The highest BCUT2D eigenvalue weighted by atomic mass is 79.9. The highest BCUT2D eigenvalue weighted by molar-refractivity contribution is 9.10. The first-order valence-corrected chi connectivity index (χ1v) is 7.18. The molecule has 0 aromatic heterocycles. The molecule has 0 amide bonds. The monoisotopic (exact) mass is 389 g/mol. The van der Waals surface area contributed by atoms with Crippen LogP contribution < -0.4 is 5.32 Å². The molecule has 2 rings (SSSR count). The van der Waals surface area contributed by atoms with Gasteiger partial charge in [0.25, 0.3) is 0 Å². The predicted molar refractivity (Wildman–Crippen MR) is 79.1 cm³/mol. The minimum Gasteiger partial charge on any atom is -0.309 e. The van der Waals surface area contributed by atoms with E-state index in [4.69, 9.17) is 0 Å². The van der Waals surface area contributed by atoms with Gasteiger partial charge in [-0.15, -0.1) is 0 Å². The van der Waals surface area contributed by atoms with Gasteiger partial charge < -0.3 is 5.32 Å². The molecule has 100 valence electrons. The summed E-state index contributed by atoms with van der Waals surface area (Å²) < 4.78 is 29.3. The molecule has 0 aliphatic rings. The van der Waals surface area contributed by atoms with Crippen LogP contribution in [0.2, 0.25) is 0 Å². The van der Waals surface area contributed by atoms with E-state index < -0.39 is 6.04 Å². The third-order valence-electron chi connectivity index (χ3n) is 2.83. The van der Waals surface area contributed by atoms with Gasteiger partial charge in [0, 0.05) is 20.1 Å². The summed E-state index contributed by atoms with van der Waals surface area (Å²) in [6, 6.07) is 8.84. The van der Waals surface area contributed by atoms with Crippen molar-refractivity contribution in [3.8, 4) is 0 Å². The van der Waals surface area contributed by atoms with Crippen LogP contribution in [0.1, 0.15) is 17.2 Å². The summed E-state index contributed by atoms with van der Waals surface area (Å²) >= 11 is 6.51. The van der Waals surface area contributed by atoms with Crippen LogP contribution in [-0.4, -0.2) is 7.05 Å². The Morgan fingerprint density at radius 1 is 0.895 bits per heavy atom. The first-order valence-electron chi connectivity index (χ1n) is 5.60. The Balaban J connectivity index is 2.52. The molecular formula is C14H11Br2F2N. The first-order chi connectivity index (χ1) is 9.02. The van der Waals surface area contributed by atoms with Crippen molar-refractivity contribution in [1.29, 1.82) is 0 Å². The number of halogens is 4. The van der Waals surface area contributed by atoms with E-state index >= 15 is 0 Å². The smallest absolute Gasteiger partial charge is 0.129 e. The van der Waals surface area contributed by atoms with Crippen LogP contribution in [0.4, 0.5) is 8.78 Å². The van der Waals surface area contributed by atoms with Gasteiger partial charge in [0.1, 0.15) is 11.6 Å². The molecule has 1 atom stereocenters. The summed E-state index contributed by atoms with van der Waals surface area (Å²) in [5, 5.41) is 2.95. The molecule has 1 unspecified atom stereocenters. The zero-order valence-electron chi connectivity index (χ0n) is 10.1. The lowest BCUT2D eigenvalue weighted by molar-refractivity contribution is 0.546. The van der Waals surface area contributed by atoms with Crippen molar-refractivity contribution in [3.63, 3.8) is 0 Å². The zero-order valence-corrected chi connectivity index (χ0v) is 13.2. The largest absolute Gasteiger partial charge is 0.309 e. The van der Waals surface area contributed by atoms with E-state index in [1.54, 1.807) is 31.3 Å². The Bertz CT molecular complexity index is 602. The van der Waals surface area contributed by atoms with E-state index in [1.807, 2.05) is 0 Å². The molecule has 5 heteroatoms. The second-order valence-electron chi connectivity index (χ2n) is 4.05. The van der Waals surface area contributed by atoms with Crippen LogP contribution in [0.15, 0.2) is 45.3 Å². The van der Waals surface area contributed by atoms with Crippen LogP contribution in [-0.2, 0) is 0 Å². The lowest BCUT2D eigenvalue weighted by atomic mass is 9.98. The Morgan fingerprint density at radius 3 is 2.16 bits per heavy atom. The third-order valence-corrected chi connectivity index (χ3v) is 3.82. The van der Waals surface area contributed by atoms with E-state index in [0.717, 1.165) is 4.47 Å². The number of rotatable bonds is 3. The Kier molecular flexibility index (Phi) is 4.71. The fraction of sp³-hybridized carbons (Fsp3) is 0.143. The van der Waals surface area contributed by atoms with Crippen molar-refractivity contribution >= 4 is 31.9 Å². The summed E-state index contributed by atoms with van der Waals surface area (Å²) in [5.74, 6) is -0.752. The van der Waals surface area contributed by atoms with E-state index in [0.29, 0.717) is 15.6 Å². The van der Waals surface area contributed by atoms with Gasteiger partial charge in [0.2, 0.25) is 0 Å². The summed E-state index contributed by atoms with van der Waals surface area (Å²) in [6.07, 6.45) is 0. The molecule has 0 aliphatic carbocycles. The van der Waals surface area contributed by atoms with Gasteiger partial charge in [0.05, 0.1) is 6.04 Å². The fourth-order valence-corrected chi connectivity index (χ4v) is 2.66. The molecule has 0 aliphatic heterocycles. The van der Waals surface area contributed by atoms with Gasteiger partial charge in [-0.05, 0) is 37.4 Å². The maximum atomic E-state index is 14.0. The van der Waals surface area contributed by atoms with Crippen molar-refractivity contribution in [3.05, 3.63) is 68.1 Å². The minimum atomic E-state index is -0.536. The van der Waals surface area contributed by atoms with E-state index in [9.17, 15) is 8.78 Å². The molecule has 0 saturated heterocycles. The molecule has 2 aromatic carbocycles. The second kappa shape index (κ2) is 6.11. The molecule has 0 spiro atoms. The fourth-order valence-electron chi connectivity index (χ4n) is 1.95. The van der Waals surface area contributed by atoms with E-state index in [1.165, 1.54) is 12.1 Å². The van der Waals surface area contributed by atoms with Crippen molar-refractivity contribution in [2.45, 2.75) is 6.04 Å². The van der Waals surface area contributed by atoms with Gasteiger partial charge in [-0.2, -0.15) is 0 Å². The van der Waals surface area contributed by atoms with Crippen molar-refractivity contribution in [1.82, 2.24) is 5.32 Å². The molecule has 2 aromatic rings. The Morgan fingerprint density at radius 2 is 1.53 bits per heavy atom. The van der Waals surface area contributed by atoms with Crippen molar-refractivity contribution < 1.29 is 8.78 Å². The molecule has 1 N–H and O–H groups in total. The van der Waals surface area contributed by atoms with Crippen LogP contribution in [0.3, 0.4) is 0 Å². The molecule has 0 bridgehead atoms. The van der Waals surface area contributed by atoms with Gasteiger partial charge in [-0.25, -0.2) is 8.78 Å². The highest BCUT2D eigenvalue weighted by Crippen LogP contribution is 2.29. The average Bonchev–Trinajstić information content (AvgIpc) is 2.36. The van der Waals surface area contributed by atoms with Gasteiger partial charge in [-0.1, -0.05) is 37.9 Å². The molecule has 0 saturated carbocycles. The van der Waals surface area contributed by atoms with Crippen molar-refractivity contribution in [2.24, 2.45) is 0 Å². The van der Waals surface area contributed by atoms with E-state index in [2.05, 4.69) is 37.2 Å². The molecule has 0 fully saturated rings. The maximum Gasteiger partial charge on any atom is 0.129 e. The van der Waals surface area contributed by atoms with Crippen LogP contribution >= 0.6 is 31.9 Å². The van der Waals surface area contributed by atoms with Crippen LogP contribution in [0, 0.1) is 11.6 Å². The van der Waals surface area contributed by atoms with Crippen LogP contribution in [0.5, 0.6) is 0 Å². The normalized spacial score (nSPS) is 12.5. The number of nitrogens with one attached hydrogen (secondary N) is 1. The predicted octanol–water partition coefficient (Wildman–Crippen LogP) is 4.80. The second-order valence-corrected chi connectivity index (χ2v) is 5.88. The summed E-state index contributed by atoms with van der Waals surface area (Å²) in [6.45, 7) is 0. The van der Waals surface area contributed by atoms with Gasteiger partial charge in [0.15, 0.2) is 0 Å². The lowest BCUT2D eigenvalue weighted by Gasteiger charge is -2.19. The quantitative estimate of drug-likeness (QED) is 0.793. The maximum absolute atomic E-state index is 14.0. The molecule has 0 radical (unpaired) electrons. The minimum absolute atomic E-state index is 0.370. The molecule has 1 nitrogen and oxygen atoms in total. The summed E-state index contributed by atoms with van der Waals surface area (Å²) in [4.78, 5) is 0. The van der Waals surface area contributed by atoms with Crippen LogP contribution in [0.25, 0.3) is 0 Å². The topological polar surface area (TPSA) is 12.0 Å². The zero-order chi connectivity index (χ0) is 14.0. The Labute approximate surface area is 127 Å². The molecular weight excluding hydrogens is 380 g/mol. The molecule has 0 heterocycles. The van der Waals surface area contributed by atoms with Crippen molar-refractivity contribution in [2.75, 3.05) is 7.05 Å². The third kappa shape index (κ3) is 3.22. The highest BCUT2D eigenvalue weighted by Gasteiger charge is 2.19. The average molecular weight is 391 g/mol. The SMILES string of the molecule is CNC(c1ccc(Br)cc1F)c1cc(Br)ccc1F. The standard InChI is InChI=1S/C14H11Br2F2N/c1-19-14(10-4-2-9(16)7-13(10)18)11-6-8(15)3-5-12(11)17/h2-7,14,19H,1H3. The van der Waals surface area contributed by atoms with Gasteiger partial charge >= 0.3 is 0 Å². The lowest BCUT2D eigenvalue weighted by Crippen LogP contribution is -2.20. The Hall–Kier alpha value is -0.780. The molecule has 19 heavy (non-hydrogen) atoms. The number of benzene rings is 2. The summed E-state index contributed by atoms with van der Waals surface area (Å²) in [5.41, 5.74) is 0.806.